The van der Waals surface area contributed by atoms with E-state index in [-0.39, 0.29) is 24.1 Å². The molecule has 144 valence electrons. The number of nitrogens with zero attached hydrogens (tertiary/aromatic N) is 1. The van der Waals surface area contributed by atoms with Gasteiger partial charge < -0.3 is 10.6 Å². The van der Waals surface area contributed by atoms with E-state index in [0.717, 1.165) is 17.7 Å². The summed E-state index contributed by atoms with van der Waals surface area (Å²) < 4.78 is 38.2. The molecular weight excluding hydrogens is 363 g/mol. The number of nitro benzene ring substituents is 1. The van der Waals surface area contributed by atoms with Gasteiger partial charge in [0.05, 0.1) is 10.5 Å². The maximum Gasteiger partial charge on any atom is 0.416 e. The summed E-state index contributed by atoms with van der Waals surface area (Å²) in [5, 5.41) is 16.6. The first-order valence-corrected chi connectivity index (χ1v) is 8.07. The van der Waals surface area contributed by atoms with Gasteiger partial charge in [0.15, 0.2) is 0 Å². The Kier molecular flexibility index (Phi) is 6.04. The third-order valence-corrected chi connectivity index (χ3v) is 3.75. The van der Waals surface area contributed by atoms with Gasteiger partial charge in [-0.15, -0.1) is 0 Å². The summed E-state index contributed by atoms with van der Waals surface area (Å²) in [4.78, 5) is 21.9. The average Bonchev–Trinajstić information content (AvgIpc) is 2.60. The Morgan fingerprint density at radius 3 is 2.30 bits per heavy atom. The molecule has 0 unspecified atom stereocenters. The van der Waals surface area contributed by atoms with Crippen LogP contribution in [0, 0.1) is 16.0 Å². The second-order valence-electron chi connectivity index (χ2n) is 6.18. The number of benzene rings is 2. The SMILES string of the molecule is CC(C)C(=O)Nc1ccc(CNc2ccc(C(F)(F)F)cc2[N+](=O)[O-])cc1. The molecule has 0 fully saturated rings. The van der Waals surface area contributed by atoms with Crippen LogP contribution in [0.15, 0.2) is 42.5 Å². The van der Waals surface area contributed by atoms with Gasteiger partial charge in [-0.3, -0.25) is 14.9 Å². The standard InChI is InChI=1S/C18H18F3N3O3/c1-11(2)17(25)23-14-6-3-12(4-7-14)10-22-15-8-5-13(18(19,20)21)9-16(15)24(26)27/h3-9,11,22H,10H2,1-2H3,(H,23,25). The van der Waals surface area contributed by atoms with Crippen molar-refractivity contribution in [3.05, 3.63) is 63.7 Å². The number of nitro groups is 1. The minimum absolute atomic E-state index is 0.00909. The van der Waals surface area contributed by atoms with Gasteiger partial charge in [-0.1, -0.05) is 26.0 Å². The summed E-state index contributed by atoms with van der Waals surface area (Å²) in [6.07, 6.45) is -4.65. The normalized spacial score (nSPS) is 11.3. The summed E-state index contributed by atoms with van der Waals surface area (Å²) in [5.41, 5.74) is -0.384. The van der Waals surface area contributed by atoms with Crippen molar-refractivity contribution in [1.29, 1.82) is 0 Å². The van der Waals surface area contributed by atoms with Crippen LogP contribution in [0.1, 0.15) is 25.0 Å². The first kappa shape index (κ1) is 20.2. The third-order valence-electron chi connectivity index (χ3n) is 3.75. The maximum atomic E-state index is 12.7. The summed E-state index contributed by atoms with van der Waals surface area (Å²) in [6.45, 7) is 3.71. The molecule has 2 aromatic rings. The lowest BCUT2D eigenvalue weighted by Gasteiger charge is -2.11. The lowest BCUT2D eigenvalue weighted by atomic mass is 10.1. The highest BCUT2D eigenvalue weighted by Crippen LogP contribution is 2.35. The van der Waals surface area contributed by atoms with E-state index in [1.807, 2.05) is 0 Å². The molecule has 2 aromatic carbocycles. The molecule has 0 radical (unpaired) electrons. The molecule has 0 heterocycles. The van der Waals surface area contributed by atoms with Crippen LogP contribution in [0.3, 0.4) is 0 Å². The quantitative estimate of drug-likeness (QED) is 0.555. The van der Waals surface area contributed by atoms with Crippen LogP contribution >= 0.6 is 0 Å². The molecule has 0 aliphatic carbocycles. The first-order chi connectivity index (χ1) is 12.6. The van der Waals surface area contributed by atoms with Gasteiger partial charge in [-0.05, 0) is 29.8 Å². The number of halogens is 3. The summed E-state index contributed by atoms with van der Waals surface area (Å²) in [7, 11) is 0. The molecule has 0 bridgehead atoms. The first-order valence-electron chi connectivity index (χ1n) is 8.07. The zero-order chi connectivity index (χ0) is 20.2. The van der Waals surface area contributed by atoms with Crippen LogP contribution in [0.4, 0.5) is 30.2 Å². The van der Waals surface area contributed by atoms with Crippen LogP contribution in [-0.2, 0) is 17.5 Å². The highest BCUT2D eigenvalue weighted by Gasteiger charge is 2.33. The predicted octanol–water partition coefficient (Wildman–Crippen LogP) is 4.82. The van der Waals surface area contributed by atoms with E-state index in [4.69, 9.17) is 0 Å². The van der Waals surface area contributed by atoms with Crippen molar-refractivity contribution < 1.29 is 22.9 Å². The highest BCUT2D eigenvalue weighted by molar-refractivity contribution is 5.92. The molecule has 0 atom stereocenters. The Labute approximate surface area is 153 Å². The van der Waals surface area contributed by atoms with Crippen LogP contribution in [-0.4, -0.2) is 10.8 Å². The fourth-order valence-electron chi connectivity index (χ4n) is 2.20. The number of hydrogen-bond donors (Lipinski definition) is 2. The maximum absolute atomic E-state index is 12.7. The third kappa shape index (κ3) is 5.44. The molecule has 0 aliphatic heterocycles. The van der Waals surface area contributed by atoms with E-state index in [0.29, 0.717) is 11.8 Å². The van der Waals surface area contributed by atoms with Crippen LogP contribution in [0.2, 0.25) is 0 Å². The Bertz CT molecular complexity index is 834. The van der Waals surface area contributed by atoms with Gasteiger partial charge in [0.2, 0.25) is 5.91 Å². The number of anilines is 2. The monoisotopic (exact) mass is 381 g/mol. The molecule has 0 saturated heterocycles. The summed E-state index contributed by atoms with van der Waals surface area (Å²) >= 11 is 0. The van der Waals surface area contributed by atoms with E-state index in [1.165, 1.54) is 0 Å². The largest absolute Gasteiger partial charge is 0.416 e. The molecular formula is C18H18F3N3O3. The van der Waals surface area contributed by atoms with Gasteiger partial charge in [0, 0.05) is 24.2 Å². The van der Waals surface area contributed by atoms with E-state index >= 15 is 0 Å². The van der Waals surface area contributed by atoms with Gasteiger partial charge in [0.25, 0.3) is 5.69 Å². The van der Waals surface area contributed by atoms with Crippen LogP contribution in [0.25, 0.3) is 0 Å². The van der Waals surface area contributed by atoms with Crippen molar-refractivity contribution in [2.75, 3.05) is 10.6 Å². The number of nitrogens with one attached hydrogen (secondary N) is 2. The van der Waals surface area contributed by atoms with Crippen molar-refractivity contribution in [2.24, 2.45) is 5.92 Å². The smallest absolute Gasteiger partial charge is 0.375 e. The van der Waals surface area contributed by atoms with Crippen LogP contribution < -0.4 is 10.6 Å². The number of alkyl halides is 3. The minimum atomic E-state index is -4.65. The summed E-state index contributed by atoms with van der Waals surface area (Å²) in [6, 6.07) is 9.11. The minimum Gasteiger partial charge on any atom is -0.375 e. The Morgan fingerprint density at radius 2 is 1.78 bits per heavy atom. The highest BCUT2D eigenvalue weighted by atomic mass is 19.4. The Hall–Kier alpha value is -3.10. The fraction of sp³-hybridized carbons (Fsp3) is 0.278. The summed E-state index contributed by atoms with van der Waals surface area (Å²) in [5.74, 6) is -0.284. The zero-order valence-corrected chi connectivity index (χ0v) is 14.6. The van der Waals surface area contributed by atoms with Gasteiger partial charge in [0.1, 0.15) is 5.69 Å². The number of carbonyl (C=O) groups is 1. The molecule has 1 amide bonds. The number of hydrogen-bond acceptors (Lipinski definition) is 4. The number of rotatable bonds is 6. The van der Waals surface area contributed by atoms with Crippen molar-refractivity contribution in [2.45, 2.75) is 26.6 Å². The van der Waals surface area contributed by atoms with E-state index < -0.39 is 22.4 Å². The van der Waals surface area contributed by atoms with Gasteiger partial charge in [-0.25, -0.2) is 0 Å². The van der Waals surface area contributed by atoms with Crippen molar-refractivity contribution >= 4 is 23.0 Å². The zero-order valence-electron chi connectivity index (χ0n) is 14.6. The average molecular weight is 381 g/mol. The van der Waals surface area contributed by atoms with E-state index in [9.17, 15) is 28.1 Å². The predicted molar refractivity (Wildman–Crippen MR) is 95.3 cm³/mol. The van der Waals surface area contributed by atoms with Crippen molar-refractivity contribution in [3.8, 4) is 0 Å². The molecule has 6 nitrogen and oxygen atoms in total. The molecule has 2 N–H and O–H groups in total. The molecule has 0 spiro atoms. The van der Waals surface area contributed by atoms with Crippen LogP contribution in [0.5, 0.6) is 0 Å². The Balaban J connectivity index is 2.10. The van der Waals surface area contributed by atoms with Gasteiger partial charge >= 0.3 is 6.18 Å². The lowest BCUT2D eigenvalue weighted by Crippen LogP contribution is -2.17. The molecule has 2 rings (SSSR count). The second kappa shape index (κ2) is 8.07. The van der Waals surface area contributed by atoms with E-state index in [1.54, 1.807) is 38.1 Å². The van der Waals surface area contributed by atoms with Crippen molar-refractivity contribution in [1.82, 2.24) is 0 Å². The lowest BCUT2D eigenvalue weighted by molar-refractivity contribution is -0.384. The van der Waals surface area contributed by atoms with Crippen molar-refractivity contribution in [3.63, 3.8) is 0 Å². The molecule has 9 heteroatoms. The second-order valence-corrected chi connectivity index (χ2v) is 6.18. The molecule has 27 heavy (non-hydrogen) atoms. The topological polar surface area (TPSA) is 84.3 Å². The molecule has 0 aromatic heterocycles. The Morgan fingerprint density at radius 1 is 1.15 bits per heavy atom. The fourth-order valence-corrected chi connectivity index (χ4v) is 2.20. The van der Waals surface area contributed by atoms with E-state index in [2.05, 4.69) is 10.6 Å². The number of amides is 1. The molecule has 0 saturated carbocycles. The number of carbonyl (C=O) groups excluding carboxylic acids is 1. The molecule has 0 aliphatic rings. The van der Waals surface area contributed by atoms with Gasteiger partial charge in [-0.2, -0.15) is 13.2 Å².